The van der Waals surface area contributed by atoms with Crippen LogP contribution in [0.5, 0.6) is 0 Å². The van der Waals surface area contributed by atoms with E-state index in [9.17, 15) is 4.79 Å². The third kappa shape index (κ3) is 4.34. The van der Waals surface area contributed by atoms with Gasteiger partial charge in [-0.15, -0.1) is 0 Å². The van der Waals surface area contributed by atoms with E-state index in [4.69, 9.17) is 0 Å². The van der Waals surface area contributed by atoms with Gasteiger partial charge in [-0.1, -0.05) is 6.07 Å². The highest BCUT2D eigenvalue weighted by Crippen LogP contribution is 2.22. The summed E-state index contributed by atoms with van der Waals surface area (Å²) in [4.78, 5) is 10.6. The molecule has 1 rings (SSSR count). The molecule has 0 bridgehead atoms. The number of benzene rings is 1. The fraction of sp³-hybridized carbons (Fsp3) is 0.364. The molecule has 0 aliphatic rings. The van der Waals surface area contributed by atoms with Crippen LogP contribution in [0.1, 0.15) is 12.5 Å². The molecule has 0 aliphatic carbocycles. The standard InChI is InChI=1S/C11H15BrN2O/c1-8-3-4-11(10(12)7-8)14-6-5-13-9(2)15/h3-4,7,14H,5-6H2,1-2H3,(H,13,15). The average molecular weight is 271 g/mol. The van der Waals surface area contributed by atoms with Gasteiger partial charge in [-0.05, 0) is 40.5 Å². The minimum absolute atomic E-state index is 0.000211. The van der Waals surface area contributed by atoms with Gasteiger partial charge in [0.2, 0.25) is 5.91 Å². The fourth-order valence-corrected chi connectivity index (χ4v) is 1.83. The second-order valence-electron chi connectivity index (χ2n) is 3.39. The molecule has 1 aromatic carbocycles. The molecule has 15 heavy (non-hydrogen) atoms. The van der Waals surface area contributed by atoms with E-state index in [1.165, 1.54) is 12.5 Å². The molecule has 2 N–H and O–H groups in total. The normalized spacial score (nSPS) is 9.80. The van der Waals surface area contributed by atoms with Crippen LogP contribution in [0.15, 0.2) is 22.7 Å². The van der Waals surface area contributed by atoms with E-state index in [2.05, 4.69) is 32.6 Å². The van der Waals surface area contributed by atoms with Gasteiger partial charge in [-0.2, -0.15) is 0 Å². The molecule has 4 heteroatoms. The van der Waals surface area contributed by atoms with Crippen LogP contribution in [0.3, 0.4) is 0 Å². The van der Waals surface area contributed by atoms with Gasteiger partial charge in [-0.25, -0.2) is 0 Å². The molecule has 0 aliphatic heterocycles. The van der Waals surface area contributed by atoms with Crippen molar-refractivity contribution in [2.24, 2.45) is 0 Å². The highest BCUT2D eigenvalue weighted by Gasteiger charge is 1.98. The molecule has 3 nitrogen and oxygen atoms in total. The van der Waals surface area contributed by atoms with Crippen molar-refractivity contribution in [1.29, 1.82) is 0 Å². The molecule has 0 unspecified atom stereocenters. The predicted octanol–water partition coefficient (Wildman–Crippen LogP) is 2.31. The molecule has 0 fully saturated rings. The Morgan fingerprint density at radius 3 is 2.73 bits per heavy atom. The summed E-state index contributed by atoms with van der Waals surface area (Å²) in [6.45, 7) is 4.92. The molecule has 0 saturated heterocycles. The monoisotopic (exact) mass is 270 g/mol. The zero-order valence-electron chi connectivity index (χ0n) is 8.93. The van der Waals surface area contributed by atoms with Crippen molar-refractivity contribution < 1.29 is 4.79 Å². The first-order valence-corrected chi connectivity index (χ1v) is 5.63. The summed E-state index contributed by atoms with van der Waals surface area (Å²) < 4.78 is 1.05. The van der Waals surface area contributed by atoms with Gasteiger partial charge >= 0.3 is 0 Å². The molecule has 1 amide bonds. The Morgan fingerprint density at radius 2 is 2.13 bits per heavy atom. The number of hydrogen-bond acceptors (Lipinski definition) is 2. The van der Waals surface area contributed by atoms with Crippen molar-refractivity contribution >= 4 is 27.5 Å². The van der Waals surface area contributed by atoms with Crippen molar-refractivity contribution in [3.63, 3.8) is 0 Å². The number of halogens is 1. The van der Waals surface area contributed by atoms with Gasteiger partial charge in [0.15, 0.2) is 0 Å². The zero-order chi connectivity index (χ0) is 11.3. The number of hydrogen-bond donors (Lipinski definition) is 2. The maximum Gasteiger partial charge on any atom is 0.216 e. The van der Waals surface area contributed by atoms with E-state index >= 15 is 0 Å². The number of carbonyl (C=O) groups is 1. The van der Waals surface area contributed by atoms with Crippen LogP contribution >= 0.6 is 15.9 Å². The molecule has 0 radical (unpaired) electrons. The van der Waals surface area contributed by atoms with E-state index in [0.29, 0.717) is 6.54 Å². The summed E-state index contributed by atoms with van der Waals surface area (Å²) in [7, 11) is 0. The Kier molecular flexibility index (Phi) is 4.62. The first kappa shape index (κ1) is 12.0. The van der Waals surface area contributed by atoms with E-state index in [0.717, 1.165) is 16.7 Å². The molecule has 0 heterocycles. The van der Waals surface area contributed by atoms with E-state index < -0.39 is 0 Å². The predicted molar refractivity (Wildman–Crippen MR) is 66.1 cm³/mol. The summed E-state index contributed by atoms with van der Waals surface area (Å²) in [6, 6.07) is 6.12. The first-order valence-electron chi connectivity index (χ1n) is 4.84. The minimum Gasteiger partial charge on any atom is -0.382 e. The molecule has 0 aromatic heterocycles. The summed E-state index contributed by atoms with van der Waals surface area (Å²) >= 11 is 3.48. The molecule has 82 valence electrons. The highest BCUT2D eigenvalue weighted by molar-refractivity contribution is 9.10. The van der Waals surface area contributed by atoms with Crippen LogP contribution < -0.4 is 10.6 Å². The average Bonchev–Trinajstić information content (AvgIpc) is 2.14. The van der Waals surface area contributed by atoms with E-state index in [1.807, 2.05) is 19.1 Å². The smallest absolute Gasteiger partial charge is 0.216 e. The molecule has 0 saturated carbocycles. The Balaban J connectivity index is 2.40. The Bertz CT molecular complexity index is 352. The summed E-state index contributed by atoms with van der Waals surface area (Å²) in [6.07, 6.45) is 0. The number of nitrogens with one attached hydrogen (secondary N) is 2. The van der Waals surface area contributed by atoms with Crippen LogP contribution in [-0.2, 0) is 4.79 Å². The molecular weight excluding hydrogens is 256 g/mol. The van der Waals surface area contributed by atoms with Crippen LogP contribution in [-0.4, -0.2) is 19.0 Å². The zero-order valence-corrected chi connectivity index (χ0v) is 10.5. The van der Waals surface area contributed by atoms with Crippen LogP contribution in [0, 0.1) is 6.92 Å². The maximum absolute atomic E-state index is 10.6. The summed E-state index contributed by atoms with van der Waals surface area (Å²) in [5, 5.41) is 5.96. The lowest BCUT2D eigenvalue weighted by Crippen LogP contribution is -2.26. The van der Waals surface area contributed by atoms with Crippen LogP contribution in [0.4, 0.5) is 5.69 Å². The van der Waals surface area contributed by atoms with Crippen molar-refractivity contribution in [2.45, 2.75) is 13.8 Å². The van der Waals surface area contributed by atoms with Gasteiger partial charge in [0.1, 0.15) is 0 Å². The highest BCUT2D eigenvalue weighted by atomic mass is 79.9. The Morgan fingerprint density at radius 1 is 1.40 bits per heavy atom. The maximum atomic E-state index is 10.6. The largest absolute Gasteiger partial charge is 0.382 e. The van der Waals surface area contributed by atoms with Crippen molar-refractivity contribution in [3.05, 3.63) is 28.2 Å². The first-order chi connectivity index (χ1) is 7.09. The second kappa shape index (κ2) is 5.75. The minimum atomic E-state index is -0.000211. The molecular formula is C11H15BrN2O. The molecule has 0 atom stereocenters. The summed E-state index contributed by atoms with van der Waals surface area (Å²) in [5.74, 6) is -0.000211. The lowest BCUT2D eigenvalue weighted by Gasteiger charge is -2.09. The fourth-order valence-electron chi connectivity index (χ4n) is 1.20. The van der Waals surface area contributed by atoms with Crippen LogP contribution in [0.2, 0.25) is 0 Å². The van der Waals surface area contributed by atoms with E-state index in [1.54, 1.807) is 0 Å². The quantitative estimate of drug-likeness (QED) is 0.825. The van der Waals surface area contributed by atoms with Crippen molar-refractivity contribution in [2.75, 3.05) is 18.4 Å². The van der Waals surface area contributed by atoms with Crippen LogP contribution in [0.25, 0.3) is 0 Å². The molecule has 0 spiro atoms. The lowest BCUT2D eigenvalue weighted by molar-refractivity contribution is -0.118. The van der Waals surface area contributed by atoms with Crippen molar-refractivity contribution in [1.82, 2.24) is 5.32 Å². The number of aryl methyl sites for hydroxylation is 1. The van der Waals surface area contributed by atoms with Gasteiger partial charge in [0, 0.05) is 30.2 Å². The molecule has 1 aromatic rings. The van der Waals surface area contributed by atoms with Gasteiger partial charge in [0.25, 0.3) is 0 Å². The van der Waals surface area contributed by atoms with Crippen molar-refractivity contribution in [3.8, 4) is 0 Å². The topological polar surface area (TPSA) is 41.1 Å². The Labute approximate surface area is 98.4 Å². The third-order valence-corrected chi connectivity index (χ3v) is 2.60. The number of amides is 1. The summed E-state index contributed by atoms with van der Waals surface area (Å²) in [5.41, 5.74) is 2.26. The van der Waals surface area contributed by atoms with Gasteiger partial charge in [-0.3, -0.25) is 4.79 Å². The Hall–Kier alpha value is -1.03. The SMILES string of the molecule is CC(=O)NCCNc1ccc(C)cc1Br. The number of anilines is 1. The van der Waals surface area contributed by atoms with E-state index in [-0.39, 0.29) is 5.91 Å². The lowest BCUT2D eigenvalue weighted by atomic mass is 10.2. The third-order valence-electron chi connectivity index (χ3n) is 1.94. The van der Waals surface area contributed by atoms with Gasteiger partial charge < -0.3 is 10.6 Å². The number of rotatable bonds is 4. The van der Waals surface area contributed by atoms with Gasteiger partial charge in [0.05, 0.1) is 0 Å². The second-order valence-corrected chi connectivity index (χ2v) is 4.25. The number of carbonyl (C=O) groups excluding carboxylic acids is 1.